The van der Waals surface area contributed by atoms with Gasteiger partial charge in [-0.25, -0.2) is 0 Å². The van der Waals surface area contributed by atoms with E-state index in [-0.39, 0.29) is 24.8 Å². The lowest BCUT2D eigenvalue weighted by Crippen LogP contribution is -2.47. The summed E-state index contributed by atoms with van der Waals surface area (Å²) in [6.45, 7) is 5.45. The van der Waals surface area contributed by atoms with E-state index in [0.717, 1.165) is 49.8 Å². The van der Waals surface area contributed by atoms with Gasteiger partial charge in [-0.3, -0.25) is 4.90 Å². The van der Waals surface area contributed by atoms with Crippen LogP contribution >= 0.6 is 24.8 Å². The number of nitrogens with zero attached hydrogens (tertiary/aromatic N) is 1. The molecule has 0 bridgehead atoms. The minimum absolute atomic E-state index is 0. The van der Waals surface area contributed by atoms with Gasteiger partial charge in [-0.05, 0) is 29.8 Å². The molecule has 4 rings (SSSR count). The van der Waals surface area contributed by atoms with Gasteiger partial charge in [0.15, 0.2) is 0 Å². The highest BCUT2D eigenvalue weighted by Crippen LogP contribution is 2.30. The van der Waals surface area contributed by atoms with E-state index in [0.29, 0.717) is 18.8 Å². The second-order valence-electron chi connectivity index (χ2n) is 6.16. The van der Waals surface area contributed by atoms with Crippen LogP contribution in [0.15, 0.2) is 23.8 Å². The number of halogens is 2. The maximum Gasteiger partial charge on any atom is 0.127 e. The zero-order valence-corrected chi connectivity index (χ0v) is 15.3. The molecule has 0 saturated carbocycles. The molecule has 0 aliphatic carbocycles. The van der Waals surface area contributed by atoms with E-state index >= 15 is 0 Å². The molecule has 5 nitrogen and oxygen atoms in total. The summed E-state index contributed by atoms with van der Waals surface area (Å²) in [5.41, 5.74) is 2.41. The number of rotatable bonds is 3. The lowest BCUT2D eigenvalue weighted by Gasteiger charge is -2.25. The molecule has 134 valence electrons. The molecule has 1 aromatic rings. The van der Waals surface area contributed by atoms with Gasteiger partial charge in [0.2, 0.25) is 0 Å². The highest BCUT2D eigenvalue weighted by Gasteiger charge is 2.35. The summed E-state index contributed by atoms with van der Waals surface area (Å²) >= 11 is 0. The number of methoxy groups -OCH3 is 1. The summed E-state index contributed by atoms with van der Waals surface area (Å²) in [7, 11) is 1.69. The fourth-order valence-corrected chi connectivity index (χ4v) is 3.51. The zero-order chi connectivity index (χ0) is 14.9. The van der Waals surface area contributed by atoms with Crippen molar-refractivity contribution in [2.24, 2.45) is 0 Å². The predicted octanol–water partition coefficient (Wildman–Crippen LogP) is 1.99. The number of morpholine rings is 1. The van der Waals surface area contributed by atoms with Crippen molar-refractivity contribution in [2.75, 3.05) is 46.5 Å². The maximum atomic E-state index is 5.87. The topological polar surface area (TPSA) is 43.0 Å². The van der Waals surface area contributed by atoms with Crippen LogP contribution in [0.2, 0.25) is 0 Å². The molecule has 3 aliphatic rings. The van der Waals surface area contributed by atoms with Crippen LogP contribution < -0.4 is 14.8 Å². The summed E-state index contributed by atoms with van der Waals surface area (Å²) < 4.78 is 17.0. The van der Waals surface area contributed by atoms with Crippen LogP contribution in [0.25, 0.3) is 6.08 Å². The number of nitrogens with one attached hydrogen (secondary N) is 1. The van der Waals surface area contributed by atoms with E-state index in [4.69, 9.17) is 14.2 Å². The summed E-state index contributed by atoms with van der Waals surface area (Å²) in [6.07, 6.45) is 2.57. The van der Waals surface area contributed by atoms with Gasteiger partial charge in [-0.15, -0.1) is 24.8 Å². The smallest absolute Gasteiger partial charge is 0.127 e. The second-order valence-corrected chi connectivity index (χ2v) is 6.16. The Morgan fingerprint density at radius 2 is 2.17 bits per heavy atom. The zero-order valence-electron chi connectivity index (χ0n) is 13.7. The molecule has 2 fully saturated rings. The Hall–Kier alpha value is -0.980. The molecule has 0 spiro atoms. The van der Waals surface area contributed by atoms with Crippen LogP contribution in [-0.2, 0) is 4.74 Å². The molecule has 2 atom stereocenters. The number of ether oxygens (including phenoxy) is 3. The Morgan fingerprint density at radius 1 is 1.29 bits per heavy atom. The first-order chi connectivity index (χ1) is 10.8. The van der Waals surface area contributed by atoms with Gasteiger partial charge in [0.05, 0.1) is 19.8 Å². The monoisotopic (exact) mass is 374 g/mol. The Morgan fingerprint density at radius 3 is 2.96 bits per heavy atom. The van der Waals surface area contributed by atoms with Crippen molar-refractivity contribution in [1.29, 1.82) is 0 Å². The lowest BCUT2D eigenvalue weighted by atomic mass is 10.1. The molecular weight excluding hydrogens is 351 g/mol. The summed E-state index contributed by atoms with van der Waals surface area (Å²) in [4.78, 5) is 2.45. The number of likely N-dealkylation sites (tertiary alicyclic amines) is 1. The van der Waals surface area contributed by atoms with Crippen LogP contribution in [0.4, 0.5) is 0 Å². The minimum atomic E-state index is 0. The molecule has 0 aromatic heterocycles. The van der Waals surface area contributed by atoms with Crippen molar-refractivity contribution in [3.63, 3.8) is 0 Å². The average Bonchev–Trinajstić information content (AvgIpc) is 2.96. The van der Waals surface area contributed by atoms with Crippen LogP contribution in [0.3, 0.4) is 0 Å². The van der Waals surface area contributed by atoms with E-state index in [1.807, 2.05) is 18.2 Å². The molecule has 0 unspecified atom stereocenters. The van der Waals surface area contributed by atoms with Gasteiger partial charge in [-0.2, -0.15) is 0 Å². The second kappa shape index (κ2) is 8.41. The molecule has 0 radical (unpaired) electrons. The van der Waals surface area contributed by atoms with Gasteiger partial charge in [0.1, 0.15) is 18.1 Å². The van der Waals surface area contributed by atoms with E-state index in [9.17, 15) is 0 Å². The van der Waals surface area contributed by atoms with Gasteiger partial charge < -0.3 is 19.5 Å². The van der Waals surface area contributed by atoms with Crippen LogP contribution in [-0.4, -0.2) is 63.5 Å². The molecule has 3 heterocycles. The van der Waals surface area contributed by atoms with Crippen molar-refractivity contribution in [2.45, 2.75) is 12.1 Å². The van der Waals surface area contributed by atoms with Crippen LogP contribution in [0.5, 0.6) is 11.5 Å². The number of hydrogen-bond donors (Lipinski definition) is 1. The number of benzene rings is 1. The molecule has 24 heavy (non-hydrogen) atoms. The van der Waals surface area contributed by atoms with E-state index < -0.39 is 0 Å². The number of fused-ring (bicyclic) bond motifs is 2. The maximum absolute atomic E-state index is 5.87. The highest BCUT2D eigenvalue weighted by atomic mass is 35.5. The fourth-order valence-electron chi connectivity index (χ4n) is 3.51. The van der Waals surface area contributed by atoms with Crippen molar-refractivity contribution in [3.05, 3.63) is 29.3 Å². The van der Waals surface area contributed by atoms with Crippen molar-refractivity contribution in [1.82, 2.24) is 10.2 Å². The first-order valence-electron chi connectivity index (χ1n) is 7.89. The largest absolute Gasteiger partial charge is 0.497 e. The Kier molecular flexibility index (Phi) is 6.78. The van der Waals surface area contributed by atoms with Crippen molar-refractivity contribution < 1.29 is 14.2 Å². The van der Waals surface area contributed by atoms with Gasteiger partial charge in [0, 0.05) is 37.8 Å². The van der Waals surface area contributed by atoms with E-state index in [2.05, 4.69) is 16.3 Å². The van der Waals surface area contributed by atoms with Crippen LogP contribution in [0, 0.1) is 0 Å². The van der Waals surface area contributed by atoms with Gasteiger partial charge in [0.25, 0.3) is 0 Å². The molecular formula is C17H24Cl2N2O3. The average molecular weight is 375 g/mol. The first-order valence-corrected chi connectivity index (χ1v) is 7.89. The third-order valence-electron chi connectivity index (χ3n) is 4.60. The normalized spacial score (nSPS) is 25.3. The molecule has 1 N–H and O–H groups in total. The van der Waals surface area contributed by atoms with Crippen molar-refractivity contribution in [3.8, 4) is 11.5 Å². The first kappa shape index (κ1) is 19.3. The molecule has 0 amide bonds. The Balaban J connectivity index is 0.00000104. The molecule has 2 saturated heterocycles. The standard InChI is InChI=1S/C17H22N2O3.2ClH/c1-20-14-2-3-16-13(7-14)6-12(11-22-16)8-19-9-15-17(10-19)21-5-4-18-15;;/h2-3,6-7,15,17-18H,4-5,8-11H2,1H3;2*1H/t15-,17-;;/m0../s1. The fraction of sp³-hybridized carbons (Fsp3) is 0.529. The summed E-state index contributed by atoms with van der Waals surface area (Å²) in [6, 6.07) is 6.42. The number of hydrogen-bond acceptors (Lipinski definition) is 5. The van der Waals surface area contributed by atoms with Crippen molar-refractivity contribution >= 4 is 30.9 Å². The third kappa shape index (κ3) is 3.98. The quantitative estimate of drug-likeness (QED) is 0.876. The van der Waals surface area contributed by atoms with Gasteiger partial charge in [-0.1, -0.05) is 0 Å². The van der Waals surface area contributed by atoms with E-state index in [1.54, 1.807) is 7.11 Å². The lowest BCUT2D eigenvalue weighted by molar-refractivity contribution is 0.0179. The summed E-state index contributed by atoms with van der Waals surface area (Å²) in [5, 5.41) is 3.55. The molecule has 1 aromatic carbocycles. The Bertz CT molecular complexity index is 583. The SMILES string of the molecule is COc1ccc2c(c1)C=C(CN1C[C@@H]3NCCO[C@H]3C1)CO2.Cl.Cl. The Labute approximate surface area is 155 Å². The van der Waals surface area contributed by atoms with E-state index in [1.165, 1.54) is 5.57 Å². The van der Waals surface area contributed by atoms with Crippen LogP contribution in [0.1, 0.15) is 5.56 Å². The minimum Gasteiger partial charge on any atom is -0.497 e. The predicted molar refractivity (Wildman–Crippen MR) is 98.9 cm³/mol. The highest BCUT2D eigenvalue weighted by molar-refractivity contribution is 5.85. The molecule has 3 aliphatic heterocycles. The third-order valence-corrected chi connectivity index (χ3v) is 4.60. The summed E-state index contributed by atoms with van der Waals surface area (Å²) in [5.74, 6) is 1.80. The molecule has 7 heteroatoms. The van der Waals surface area contributed by atoms with Gasteiger partial charge >= 0.3 is 0 Å².